The molecule has 0 atom stereocenters. The molecule has 152 valence electrons. The molecule has 4 aliphatic carbocycles. The third-order valence-corrected chi connectivity index (χ3v) is 7.06. The number of hydrogen-bond donors (Lipinski definition) is 2. The smallest absolute Gasteiger partial charge is 0.239 e. The monoisotopic (exact) mass is 383 g/mol. The standard InChI is InChI=1S/C23H33N3O2/c1-26(2)20-5-3-4-16(9-20)14-24-22(28)15-25-21(27)13-23-10-17-6-18(11-23)8-19(7-17)12-23/h3-5,9,17-19H,6-8,10-15H2,1-2H3,(H,24,28)(H,25,27). The van der Waals surface area contributed by atoms with E-state index in [-0.39, 0.29) is 23.8 Å². The van der Waals surface area contributed by atoms with E-state index in [9.17, 15) is 9.59 Å². The van der Waals surface area contributed by atoms with Crippen LogP contribution in [0.5, 0.6) is 0 Å². The lowest BCUT2D eigenvalue weighted by molar-refractivity contribution is -0.131. The SMILES string of the molecule is CN(C)c1cccc(CNC(=O)CNC(=O)CC23CC4CC(CC(C4)C2)C3)c1. The quantitative estimate of drug-likeness (QED) is 0.761. The number of carbonyl (C=O) groups is 2. The highest BCUT2D eigenvalue weighted by molar-refractivity contribution is 5.85. The zero-order valence-corrected chi connectivity index (χ0v) is 17.2. The fourth-order valence-corrected chi connectivity index (χ4v) is 6.30. The van der Waals surface area contributed by atoms with Gasteiger partial charge < -0.3 is 15.5 Å². The van der Waals surface area contributed by atoms with Gasteiger partial charge in [0.05, 0.1) is 6.54 Å². The van der Waals surface area contributed by atoms with Gasteiger partial charge in [0.15, 0.2) is 0 Å². The Morgan fingerprint density at radius 1 is 1.00 bits per heavy atom. The maximum atomic E-state index is 12.5. The molecule has 28 heavy (non-hydrogen) atoms. The van der Waals surface area contributed by atoms with Crippen LogP contribution < -0.4 is 15.5 Å². The molecule has 4 bridgehead atoms. The molecule has 0 heterocycles. The van der Waals surface area contributed by atoms with Crippen LogP contribution in [0.2, 0.25) is 0 Å². The van der Waals surface area contributed by atoms with E-state index in [1.807, 2.05) is 37.2 Å². The Labute approximate surface area is 168 Å². The molecule has 0 radical (unpaired) electrons. The van der Waals surface area contributed by atoms with Gasteiger partial charge in [0, 0.05) is 32.7 Å². The number of nitrogens with zero attached hydrogens (tertiary/aromatic N) is 1. The summed E-state index contributed by atoms with van der Waals surface area (Å²) in [5.74, 6) is 2.46. The number of amides is 2. The minimum atomic E-state index is -0.130. The largest absolute Gasteiger partial charge is 0.378 e. The molecule has 1 aromatic carbocycles. The predicted molar refractivity (Wildman–Crippen MR) is 111 cm³/mol. The maximum absolute atomic E-state index is 12.5. The average Bonchev–Trinajstić information content (AvgIpc) is 2.63. The Morgan fingerprint density at radius 2 is 1.64 bits per heavy atom. The van der Waals surface area contributed by atoms with Crippen molar-refractivity contribution in [2.75, 3.05) is 25.5 Å². The van der Waals surface area contributed by atoms with E-state index < -0.39 is 0 Å². The van der Waals surface area contributed by atoms with E-state index in [1.165, 1.54) is 38.5 Å². The third-order valence-electron chi connectivity index (χ3n) is 7.06. The lowest BCUT2D eigenvalue weighted by Crippen LogP contribution is -2.48. The molecule has 2 amide bonds. The zero-order valence-electron chi connectivity index (χ0n) is 17.2. The summed E-state index contributed by atoms with van der Waals surface area (Å²) in [6.07, 6.45) is 8.44. The van der Waals surface area contributed by atoms with Gasteiger partial charge >= 0.3 is 0 Å². The molecule has 0 aromatic heterocycles. The van der Waals surface area contributed by atoms with Crippen molar-refractivity contribution in [3.63, 3.8) is 0 Å². The molecule has 4 fully saturated rings. The Kier molecular flexibility index (Phi) is 5.35. The fourth-order valence-electron chi connectivity index (χ4n) is 6.30. The summed E-state index contributed by atoms with van der Waals surface area (Å²) in [7, 11) is 3.99. The number of hydrogen-bond acceptors (Lipinski definition) is 3. The van der Waals surface area contributed by atoms with Crippen molar-refractivity contribution in [1.82, 2.24) is 10.6 Å². The normalized spacial score (nSPS) is 30.1. The molecule has 0 aliphatic heterocycles. The molecular weight excluding hydrogens is 350 g/mol. The number of nitrogens with one attached hydrogen (secondary N) is 2. The minimum Gasteiger partial charge on any atom is -0.378 e. The molecule has 5 nitrogen and oxygen atoms in total. The van der Waals surface area contributed by atoms with Crippen molar-refractivity contribution in [3.05, 3.63) is 29.8 Å². The number of carbonyl (C=O) groups excluding carboxylic acids is 2. The summed E-state index contributed by atoms with van der Waals surface area (Å²) in [5.41, 5.74) is 2.39. The van der Waals surface area contributed by atoms with Crippen molar-refractivity contribution in [3.8, 4) is 0 Å². The molecule has 1 aromatic rings. The Hall–Kier alpha value is -2.04. The van der Waals surface area contributed by atoms with Gasteiger partial charge in [-0.3, -0.25) is 9.59 Å². The van der Waals surface area contributed by atoms with E-state index in [1.54, 1.807) is 0 Å². The third kappa shape index (κ3) is 4.34. The predicted octanol–water partition coefficient (Wildman–Crippen LogP) is 3.09. The van der Waals surface area contributed by atoms with Crippen molar-refractivity contribution in [1.29, 1.82) is 0 Å². The van der Waals surface area contributed by atoms with Crippen LogP contribution >= 0.6 is 0 Å². The summed E-state index contributed by atoms with van der Waals surface area (Å²) < 4.78 is 0. The first kappa shape index (κ1) is 19.3. The lowest BCUT2D eigenvalue weighted by atomic mass is 9.49. The Morgan fingerprint density at radius 3 is 2.25 bits per heavy atom. The second-order valence-electron chi connectivity index (χ2n) is 9.71. The van der Waals surface area contributed by atoms with Gasteiger partial charge in [-0.1, -0.05) is 12.1 Å². The van der Waals surface area contributed by atoms with Crippen LogP contribution in [0.3, 0.4) is 0 Å². The maximum Gasteiger partial charge on any atom is 0.239 e. The van der Waals surface area contributed by atoms with Crippen LogP contribution in [-0.2, 0) is 16.1 Å². The Balaban J connectivity index is 1.22. The highest BCUT2D eigenvalue weighted by Crippen LogP contribution is 2.61. The summed E-state index contributed by atoms with van der Waals surface area (Å²) in [4.78, 5) is 26.7. The lowest BCUT2D eigenvalue weighted by Gasteiger charge is -2.56. The molecule has 5 rings (SSSR count). The van der Waals surface area contributed by atoms with Gasteiger partial charge in [0.25, 0.3) is 0 Å². The first-order chi connectivity index (χ1) is 13.4. The molecule has 4 saturated carbocycles. The molecular formula is C23H33N3O2. The molecule has 0 unspecified atom stereocenters. The van der Waals surface area contributed by atoms with Crippen LogP contribution in [0.1, 0.15) is 50.5 Å². The first-order valence-electron chi connectivity index (χ1n) is 10.7. The molecule has 0 spiro atoms. The van der Waals surface area contributed by atoms with Crippen molar-refractivity contribution >= 4 is 17.5 Å². The zero-order chi connectivity index (χ0) is 19.7. The van der Waals surface area contributed by atoms with Gasteiger partial charge in [-0.25, -0.2) is 0 Å². The van der Waals surface area contributed by atoms with Crippen LogP contribution in [0.4, 0.5) is 5.69 Å². The molecule has 0 saturated heterocycles. The number of benzene rings is 1. The van der Waals surface area contributed by atoms with Gasteiger partial charge in [0.1, 0.15) is 0 Å². The van der Waals surface area contributed by atoms with E-state index >= 15 is 0 Å². The topological polar surface area (TPSA) is 61.4 Å². The molecule has 2 N–H and O–H groups in total. The van der Waals surface area contributed by atoms with E-state index in [2.05, 4.69) is 16.7 Å². The van der Waals surface area contributed by atoms with Crippen LogP contribution in [0.15, 0.2) is 24.3 Å². The van der Waals surface area contributed by atoms with Crippen LogP contribution in [0.25, 0.3) is 0 Å². The summed E-state index contributed by atoms with van der Waals surface area (Å²) in [6, 6.07) is 8.09. The average molecular weight is 384 g/mol. The second kappa shape index (κ2) is 7.76. The van der Waals surface area contributed by atoms with Crippen LogP contribution in [0, 0.1) is 23.2 Å². The Bertz CT molecular complexity index is 708. The summed E-state index contributed by atoms with van der Waals surface area (Å²) in [6.45, 7) is 0.546. The van der Waals surface area contributed by atoms with Crippen molar-refractivity contribution < 1.29 is 9.59 Å². The fraction of sp³-hybridized carbons (Fsp3) is 0.652. The number of anilines is 1. The highest BCUT2D eigenvalue weighted by Gasteiger charge is 2.51. The second-order valence-corrected chi connectivity index (χ2v) is 9.71. The van der Waals surface area contributed by atoms with E-state index in [0.29, 0.717) is 13.0 Å². The van der Waals surface area contributed by atoms with Crippen LogP contribution in [-0.4, -0.2) is 32.5 Å². The van der Waals surface area contributed by atoms with Crippen molar-refractivity contribution in [2.45, 2.75) is 51.5 Å². The van der Waals surface area contributed by atoms with E-state index in [0.717, 1.165) is 29.0 Å². The molecule has 5 heteroatoms. The molecule has 4 aliphatic rings. The number of rotatable bonds is 7. The van der Waals surface area contributed by atoms with Gasteiger partial charge in [-0.15, -0.1) is 0 Å². The van der Waals surface area contributed by atoms with Gasteiger partial charge in [-0.2, -0.15) is 0 Å². The van der Waals surface area contributed by atoms with E-state index in [4.69, 9.17) is 0 Å². The minimum absolute atomic E-state index is 0.0479. The highest BCUT2D eigenvalue weighted by atomic mass is 16.2. The van der Waals surface area contributed by atoms with Gasteiger partial charge in [-0.05, 0) is 79.4 Å². The van der Waals surface area contributed by atoms with Gasteiger partial charge in [0.2, 0.25) is 11.8 Å². The van der Waals surface area contributed by atoms with Crippen molar-refractivity contribution in [2.24, 2.45) is 23.2 Å². The summed E-state index contributed by atoms with van der Waals surface area (Å²) in [5, 5.41) is 5.77. The first-order valence-corrected chi connectivity index (χ1v) is 10.7. The summed E-state index contributed by atoms with van der Waals surface area (Å²) >= 11 is 0.